The van der Waals surface area contributed by atoms with E-state index in [2.05, 4.69) is 10.3 Å². The minimum absolute atomic E-state index is 0.0509. The van der Waals surface area contributed by atoms with Crippen LogP contribution in [0.15, 0.2) is 47.9 Å². The number of hydrogen-bond donors (Lipinski definition) is 2. The highest BCUT2D eigenvalue weighted by Gasteiger charge is 2.52. The number of halogens is 1. The molecule has 9 heteroatoms. The van der Waals surface area contributed by atoms with Crippen molar-refractivity contribution < 1.29 is 23.9 Å². The SMILES string of the molecule is CC1(C)OB(C(=Cc2nc(Cl)ccc2O)CNC(=O)OCc2ccccc2)OC1(C)C. The van der Waals surface area contributed by atoms with E-state index in [1.165, 1.54) is 12.1 Å². The summed E-state index contributed by atoms with van der Waals surface area (Å²) in [6, 6.07) is 12.3. The summed E-state index contributed by atoms with van der Waals surface area (Å²) in [4.78, 5) is 16.4. The number of benzene rings is 1. The summed E-state index contributed by atoms with van der Waals surface area (Å²) in [5.41, 5.74) is 0.535. The van der Waals surface area contributed by atoms with Crippen LogP contribution in [0.3, 0.4) is 0 Å². The van der Waals surface area contributed by atoms with Gasteiger partial charge in [-0.15, -0.1) is 0 Å². The van der Waals surface area contributed by atoms with Crippen molar-refractivity contribution in [3.8, 4) is 5.75 Å². The van der Waals surface area contributed by atoms with Crippen molar-refractivity contribution in [1.82, 2.24) is 10.3 Å². The molecule has 7 nitrogen and oxygen atoms in total. The molecule has 1 aliphatic rings. The van der Waals surface area contributed by atoms with Gasteiger partial charge in [0.25, 0.3) is 0 Å². The summed E-state index contributed by atoms with van der Waals surface area (Å²) >= 11 is 5.97. The number of aromatic nitrogens is 1. The molecule has 0 aliphatic carbocycles. The average Bonchev–Trinajstić information content (AvgIpc) is 2.94. The summed E-state index contributed by atoms with van der Waals surface area (Å²) in [5.74, 6) is -0.0509. The van der Waals surface area contributed by atoms with Crippen molar-refractivity contribution in [2.24, 2.45) is 0 Å². The molecule has 0 atom stereocenters. The molecule has 0 spiro atoms. The standard InChI is InChI=1S/C22H26BClN2O5/c1-21(2)22(3,4)31-23(30-21)16(12-17-18(27)10-11-19(24)26-17)13-25-20(28)29-14-15-8-6-5-7-9-15/h5-12,27H,13-14H2,1-4H3,(H,25,28). The topological polar surface area (TPSA) is 89.9 Å². The molecule has 1 fully saturated rings. The second-order valence-electron chi connectivity index (χ2n) is 8.26. The zero-order chi connectivity index (χ0) is 22.6. The van der Waals surface area contributed by atoms with Crippen LogP contribution in [0.5, 0.6) is 5.75 Å². The monoisotopic (exact) mass is 444 g/mol. The third-order valence-corrected chi connectivity index (χ3v) is 5.61. The quantitative estimate of drug-likeness (QED) is 0.507. The van der Waals surface area contributed by atoms with Crippen LogP contribution in [-0.2, 0) is 20.7 Å². The third-order valence-electron chi connectivity index (χ3n) is 5.40. The normalized spacial score (nSPS) is 17.5. The zero-order valence-corrected chi connectivity index (χ0v) is 18.8. The fourth-order valence-corrected chi connectivity index (χ4v) is 3.02. The van der Waals surface area contributed by atoms with E-state index in [1.54, 1.807) is 6.08 Å². The van der Waals surface area contributed by atoms with Crippen LogP contribution < -0.4 is 5.32 Å². The van der Waals surface area contributed by atoms with Gasteiger partial charge in [-0.1, -0.05) is 41.9 Å². The van der Waals surface area contributed by atoms with Crippen LogP contribution in [0.25, 0.3) is 6.08 Å². The lowest BCUT2D eigenvalue weighted by Gasteiger charge is -2.32. The number of pyridine rings is 1. The molecular weight excluding hydrogens is 419 g/mol. The first-order valence-corrected chi connectivity index (χ1v) is 10.3. The van der Waals surface area contributed by atoms with E-state index in [9.17, 15) is 9.90 Å². The summed E-state index contributed by atoms with van der Waals surface area (Å²) in [6.45, 7) is 7.95. The average molecular weight is 445 g/mol. The second-order valence-corrected chi connectivity index (χ2v) is 8.65. The lowest BCUT2D eigenvalue weighted by molar-refractivity contribution is 0.00578. The largest absolute Gasteiger partial charge is 0.506 e. The highest BCUT2D eigenvalue weighted by atomic mass is 35.5. The Balaban J connectivity index is 1.75. The number of alkyl carbamates (subject to hydrolysis) is 1. The van der Waals surface area contributed by atoms with Crippen LogP contribution in [0.2, 0.25) is 5.15 Å². The van der Waals surface area contributed by atoms with Gasteiger partial charge in [0.05, 0.1) is 11.2 Å². The molecule has 2 N–H and O–H groups in total. The first-order chi connectivity index (χ1) is 14.6. The predicted molar refractivity (Wildman–Crippen MR) is 120 cm³/mol. The van der Waals surface area contributed by atoms with E-state index in [0.29, 0.717) is 5.47 Å². The molecule has 1 amide bonds. The number of amides is 1. The maximum atomic E-state index is 12.2. The van der Waals surface area contributed by atoms with Gasteiger partial charge in [0.2, 0.25) is 0 Å². The first-order valence-electron chi connectivity index (χ1n) is 9.93. The number of nitrogens with zero attached hydrogens (tertiary/aromatic N) is 1. The summed E-state index contributed by atoms with van der Waals surface area (Å²) in [7, 11) is -0.750. The fraction of sp³-hybridized carbons (Fsp3) is 0.364. The van der Waals surface area contributed by atoms with E-state index in [-0.39, 0.29) is 29.7 Å². The molecule has 1 aliphatic heterocycles. The molecule has 0 bridgehead atoms. The van der Waals surface area contributed by atoms with Crippen LogP contribution in [0, 0.1) is 0 Å². The molecule has 3 rings (SSSR count). The molecule has 0 radical (unpaired) electrons. The number of rotatable bonds is 6. The van der Waals surface area contributed by atoms with Gasteiger partial charge in [-0.3, -0.25) is 0 Å². The Hall–Kier alpha value is -2.55. The Kier molecular flexibility index (Phi) is 6.94. The summed E-state index contributed by atoms with van der Waals surface area (Å²) in [5, 5.41) is 13.1. The van der Waals surface area contributed by atoms with Crippen molar-refractivity contribution in [2.75, 3.05) is 6.54 Å². The van der Waals surface area contributed by atoms with Crippen molar-refractivity contribution in [2.45, 2.75) is 45.5 Å². The van der Waals surface area contributed by atoms with Crippen LogP contribution in [0.4, 0.5) is 4.79 Å². The molecule has 31 heavy (non-hydrogen) atoms. The van der Waals surface area contributed by atoms with E-state index < -0.39 is 24.4 Å². The highest BCUT2D eigenvalue weighted by Crippen LogP contribution is 2.39. The van der Waals surface area contributed by atoms with E-state index in [1.807, 2.05) is 58.0 Å². The number of nitrogens with one attached hydrogen (secondary N) is 1. The minimum atomic E-state index is -0.750. The highest BCUT2D eigenvalue weighted by molar-refractivity contribution is 6.56. The van der Waals surface area contributed by atoms with Gasteiger partial charge in [-0.25, -0.2) is 9.78 Å². The number of ether oxygens (including phenoxy) is 1. The van der Waals surface area contributed by atoms with E-state index in [0.717, 1.165) is 5.56 Å². The van der Waals surface area contributed by atoms with Crippen molar-refractivity contribution >= 4 is 30.9 Å². The molecule has 1 aromatic carbocycles. The minimum Gasteiger partial charge on any atom is -0.506 e. The van der Waals surface area contributed by atoms with Gasteiger partial charge >= 0.3 is 13.2 Å². The van der Waals surface area contributed by atoms with Crippen molar-refractivity contribution in [3.63, 3.8) is 0 Å². The molecule has 2 heterocycles. The number of aromatic hydroxyl groups is 1. The van der Waals surface area contributed by atoms with Crippen LogP contribution in [-0.4, -0.2) is 41.0 Å². The van der Waals surface area contributed by atoms with E-state index >= 15 is 0 Å². The lowest BCUT2D eigenvalue weighted by atomic mass is 9.77. The molecule has 1 aromatic heterocycles. The number of hydrogen-bond acceptors (Lipinski definition) is 6. The van der Waals surface area contributed by atoms with Crippen molar-refractivity contribution in [3.05, 3.63) is 64.3 Å². The van der Waals surface area contributed by atoms with E-state index in [4.69, 9.17) is 25.6 Å². The summed E-state index contributed by atoms with van der Waals surface area (Å²) in [6.07, 6.45) is 1.01. The van der Waals surface area contributed by atoms with Gasteiger partial charge in [0, 0.05) is 6.54 Å². The first kappa shape index (κ1) is 23.1. The Morgan fingerprint density at radius 1 is 1.16 bits per heavy atom. The predicted octanol–water partition coefficient (Wildman–Crippen LogP) is 4.38. The second kappa shape index (κ2) is 9.30. The molecule has 164 valence electrons. The molecule has 0 unspecified atom stereocenters. The van der Waals surface area contributed by atoms with Gasteiger partial charge in [-0.05, 0) is 56.9 Å². The Morgan fingerprint density at radius 2 is 1.81 bits per heavy atom. The molecule has 0 saturated carbocycles. The lowest BCUT2D eigenvalue weighted by Crippen LogP contribution is -2.41. The van der Waals surface area contributed by atoms with Crippen LogP contribution in [0.1, 0.15) is 39.0 Å². The maximum Gasteiger partial charge on any atom is 0.492 e. The summed E-state index contributed by atoms with van der Waals surface area (Å²) < 4.78 is 17.5. The number of carbonyl (C=O) groups excluding carboxylic acids is 1. The Labute approximate surface area is 187 Å². The van der Waals surface area contributed by atoms with Crippen molar-refractivity contribution in [1.29, 1.82) is 0 Å². The van der Waals surface area contributed by atoms with Gasteiger partial charge in [0.1, 0.15) is 23.2 Å². The zero-order valence-electron chi connectivity index (χ0n) is 18.0. The van der Waals surface area contributed by atoms with Gasteiger partial charge < -0.3 is 24.5 Å². The Bertz CT molecular complexity index is 950. The molecular formula is C22H26BClN2O5. The molecule has 2 aromatic rings. The molecule has 1 saturated heterocycles. The fourth-order valence-electron chi connectivity index (χ4n) is 2.87. The number of carbonyl (C=O) groups is 1. The third kappa shape index (κ3) is 5.78. The van der Waals surface area contributed by atoms with Gasteiger partial charge in [0.15, 0.2) is 0 Å². The smallest absolute Gasteiger partial charge is 0.492 e. The van der Waals surface area contributed by atoms with Gasteiger partial charge in [-0.2, -0.15) is 0 Å². The maximum absolute atomic E-state index is 12.2. The Morgan fingerprint density at radius 3 is 2.45 bits per heavy atom. The van der Waals surface area contributed by atoms with Crippen LogP contribution >= 0.6 is 11.6 Å².